The molecule has 1 aromatic carbocycles. The van der Waals surface area contributed by atoms with Crippen molar-refractivity contribution in [3.63, 3.8) is 0 Å². The number of rotatable bonds is 7. The van der Waals surface area contributed by atoms with E-state index in [0.29, 0.717) is 30.2 Å². The number of nitrogens with two attached hydrogens (primary N) is 1. The van der Waals surface area contributed by atoms with Crippen molar-refractivity contribution in [3.05, 3.63) is 17.7 Å². The van der Waals surface area contributed by atoms with E-state index in [-0.39, 0.29) is 22.7 Å². The van der Waals surface area contributed by atoms with Gasteiger partial charge in [-0.2, -0.15) is 0 Å². The summed E-state index contributed by atoms with van der Waals surface area (Å²) in [6, 6.07) is 3.16. The molecule has 0 radical (unpaired) electrons. The van der Waals surface area contributed by atoms with Gasteiger partial charge in [0.05, 0.1) is 19.1 Å². The van der Waals surface area contributed by atoms with Gasteiger partial charge in [0.15, 0.2) is 11.5 Å². The van der Waals surface area contributed by atoms with Gasteiger partial charge in [0.25, 0.3) is 0 Å². The van der Waals surface area contributed by atoms with Crippen molar-refractivity contribution in [2.45, 2.75) is 25.7 Å². The zero-order chi connectivity index (χ0) is 17.1. The second kappa shape index (κ2) is 8.19. The van der Waals surface area contributed by atoms with Crippen LogP contribution in [0.3, 0.4) is 0 Å². The lowest BCUT2D eigenvalue weighted by Gasteiger charge is -2.29. The Morgan fingerprint density at radius 3 is 2.09 bits per heavy atom. The molecule has 0 heterocycles. The summed E-state index contributed by atoms with van der Waals surface area (Å²) in [6.45, 7) is 6.33. The number of hydrogen-bond acceptors (Lipinski definition) is 5. The molecule has 8 heteroatoms. The molecule has 0 aliphatic carbocycles. The van der Waals surface area contributed by atoms with Crippen LogP contribution < -0.4 is 15.2 Å². The van der Waals surface area contributed by atoms with E-state index in [2.05, 4.69) is 0 Å². The van der Waals surface area contributed by atoms with Gasteiger partial charge in [0.1, 0.15) is 0 Å². The molecule has 0 aliphatic rings. The Morgan fingerprint density at radius 1 is 1.17 bits per heavy atom. The van der Waals surface area contributed by atoms with Gasteiger partial charge in [-0.1, -0.05) is 13.8 Å². The Bertz CT molecular complexity index is 633. The zero-order valence-corrected chi connectivity index (χ0v) is 16.2. The first-order valence-corrected chi connectivity index (χ1v) is 8.42. The Morgan fingerprint density at radius 2 is 1.65 bits per heavy atom. The van der Waals surface area contributed by atoms with Gasteiger partial charge in [0.2, 0.25) is 10.0 Å². The van der Waals surface area contributed by atoms with E-state index >= 15 is 0 Å². The third-order valence-corrected chi connectivity index (χ3v) is 5.52. The Balaban J connectivity index is 0.00000484. The molecule has 134 valence electrons. The molecule has 0 unspecified atom stereocenters. The average Bonchev–Trinajstić information content (AvgIpc) is 2.46. The molecule has 6 nitrogen and oxygen atoms in total. The first-order chi connectivity index (χ1) is 10.1. The number of halogens is 1. The minimum atomic E-state index is -3.63. The molecule has 0 aromatic heterocycles. The van der Waals surface area contributed by atoms with Crippen LogP contribution in [0.25, 0.3) is 0 Å². The van der Waals surface area contributed by atoms with Crippen molar-refractivity contribution in [2.75, 3.05) is 34.4 Å². The number of hydrogen-bond donors (Lipinski definition) is 1. The largest absolute Gasteiger partial charge is 0.493 e. The van der Waals surface area contributed by atoms with Crippen LogP contribution in [0, 0.1) is 12.3 Å². The summed E-state index contributed by atoms with van der Waals surface area (Å²) in [6.07, 6.45) is 0. The molecule has 0 bridgehead atoms. The van der Waals surface area contributed by atoms with Gasteiger partial charge in [-0.25, -0.2) is 12.7 Å². The number of sulfonamides is 1. The Kier molecular flexibility index (Phi) is 7.83. The number of aryl methyl sites for hydroxylation is 1. The highest BCUT2D eigenvalue weighted by molar-refractivity contribution is 7.89. The highest BCUT2D eigenvalue weighted by Crippen LogP contribution is 2.33. The van der Waals surface area contributed by atoms with Crippen molar-refractivity contribution >= 4 is 22.4 Å². The lowest BCUT2D eigenvalue weighted by Crippen LogP contribution is -2.39. The molecule has 1 rings (SSSR count). The minimum Gasteiger partial charge on any atom is -0.493 e. The maximum atomic E-state index is 12.8. The Hall–Kier alpha value is -1.02. The highest BCUT2D eigenvalue weighted by atomic mass is 35.5. The maximum absolute atomic E-state index is 12.8. The summed E-state index contributed by atoms with van der Waals surface area (Å²) in [7, 11) is 0.922. The van der Waals surface area contributed by atoms with E-state index < -0.39 is 10.0 Å². The normalized spacial score (nSPS) is 12.0. The molecule has 0 atom stereocenters. The van der Waals surface area contributed by atoms with Crippen LogP contribution in [-0.4, -0.2) is 47.1 Å². The summed E-state index contributed by atoms with van der Waals surface area (Å²) in [5, 5.41) is 0. The molecule has 23 heavy (non-hydrogen) atoms. The molecule has 0 fully saturated rings. The second-order valence-corrected chi connectivity index (χ2v) is 8.12. The summed E-state index contributed by atoms with van der Waals surface area (Å²) in [5.41, 5.74) is 6.00. The molecule has 0 spiro atoms. The van der Waals surface area contributed by atoms with Crippen LogP contribution in [0.2, 0.25) is 0 Å². The number of ether oxygens (including phenoxy) is 2. The van der Waals surface area contributed by atoms with Gasteiger partial charge >= 0.3 is 0 Å². The molecule has 0 saturated heterocycles. The molecule has 1 aromatic rings. The van der Waals surface area contributed by atoms with E-state index in [0.717, 1.165) is 0 Å². The van der Waals surface area contributed by atoms with E-state index in [1.807, 2.05) is 13.8 Å². The van der Waals surface area contributed by atoms with Crippen molar-refractivity contribution in [1.82, 2.24) is 4.31 Å². The standard InChI is InChI=1S/C15H26N2O4S.ClH/c1-11-7-12(20-5)13(21-6)8-14(11)22(18,19)17(4)10-15(2,3)9-16;/h7-8H,9-10,16H2,1-6H3;1H. The topological polar surface area (TPSA) is 81.9 Å². The molecule has 0 aliphatic heterocycles. The summed E-state index contributed by atoms with van der Waals surface area (Å²) >= 11 is 0. The lowest BCUT2D eigenvalue weighted by molar-refractivity contribution is 0.291. The smallest absolute Gasteiger partial charge is 0.243 e. The van der Waals surface area contributed by atoms with Crippen LogP contribution in [0.5, 0.6) is 11.5 Å². The first kappa shape index (κ1) is 22.0. The third kappa shape index (κ3) is 4.97. The quantitative estimate of drug-likeness (QED) is 0.798. The van der Waals surface area contributed by atoms with E-state index in [9.17, 15) is 8.42 Å². The van der Waals surface area contributed by atoms with Crippen molar-refractivity contribution < 1.29 is 17.9 Å². The predicted molar refractivity (Wildman–Crippen MR) is 94.2 cm³/mol. The molecule has 0 amide bonds. The fourth-order valence-electron chi connectivity index (χ4n) is 2.16. The zero-order valence-electron chi connectivity index (χ0n) is 14.5. The van der Waals surface area contributed by atoms with E-state index in [1.165, 1.54) is 24.6 Å². The Labute approximate surface area is 145 Å². The fraction of sp³-hybridized carbons (Fsp3) is 0.600. The average molecular weight is 367 g/mol. The highest BCUT2D eigenvalue weighted by Gasteiger charge is 2.29. The summed E-state index contributed by atoms with van der Waals surface area (Å²) < 4.78 is 37.3. The second-order valence-electron chi connectivity index (χ2n) is 6.10. The van der Waals surface area contributed by atoms with Gasteiger partial charge < -0.3 is 15.2 Å². The van der Waals surface area contributed by atoms with Gasteiger partial charge in [-0.3, -0.25) is 0 Å². The van der Waals surface area contributed by atoms with Crippen molar-refractivity contribution in [1.29, 1.82) is 0 Å². The third-order valence-electron chi connectivity index (χ3n) is 3.57. The van der Waals surface area contributed by atoms with Crippen LogP contribution in [0.1, 0.15) is 19.4 Å². The van der Waals surface area contributed by atoms with Crippen molar-refractivity contribution in [3.8, 4) is 11.5 Å². The predicted octanol–water partition coefficient (Wildman–Crippen LogP) is 2.04. The summed E-state index contributed by atoms with van der Waals surface area (Å²) in [5.74, 6) is 0.891. The maximum Gasteiger partial charge on any atom is 0.243 e. The molecular formula is C15H27ClN2O4S. The van der Waals surface area contributed by atoms with Gasteiger partial charge in [0, 0.05) is 19.7 Å². The molecular weight excluding hydrogens is 340 g/mol. The van der Waals surface area contributed by atoms with Crippen LogP contribution in [0.4, 0.5) is 0 Å². The first-order valence-electron chi connectivity index (χ1n) is 6.98. The lowest BCUT2D eigenvalue weighted by atomic mass is 9.94. The van der Waals surface area contributed by atoms with Gasteiger partial charge in [-0.05, 0) is 30.5 Å². The van der Waals surface area contributed by atoms with Crippen molar-refractivity contribution in [2.24, 2.45) is 11.1 Å². The van der Waals surface area contributed by atoms with E-state index in [1.54, 1.807) is 20.0 Å². The van der Waals surface area contributed by atoms with Crippen LogP contribution in [-0.2, 0) is 10.0 Å². The number of methoxy groups -OCH3 is 2. The van der Waals surface area contributed by atoms with Crippen LogP contribution >= 0.6 is 12.4 Å². The molecule has 2 N–H and O–H groups in total. The number of benzene rings is 1. The van der Waals surface area contributed by atoms with Gasteiger partial charge in [-0.15, -0.1) is 12.4 Å². The monoisotopic (exact) mass is 366 g/mol. The number of nitrogens with zero attached hydrogens (tertiary/aromatic N) is 1. The minimum absolute atomic E-state index is 0. The molecule has 0 saturated carbocycles. The summed E-state index contributed by atoms with van der Waals surface area (Å²) in [4.78, 5) is 0.209. The fourth-order valence-corrected chi connectivity index (χ4v) is 3.74. The SMILES string of the molecule is COc1cc(C)c(S(=O)(=O)N(C)CC(C)(C)CN)cc1OC.Cl. The van der Waals surface area contributed by atoms with Crippen LogP contribution in [0.15, 0.2) is 17.0 Å². The van der Waals surface area contributed by atoms with E-state index in [4.69, 9.17) is 15.2 Å².